The lowest BCUT2D eigenvalue weighted by Crippen LogP contribution is -2.54. The molecule has 2 heteroatoms. The van der Waals surface area contributed by atoms with E-state index in [0.29, 0.717) is 29.0 Å². The smallest absolute Gasteiger partial charge is 0.162 e. The molecule has 176 valence electrons. The lowest BCUT2D eigenvalue weighted by molar-refractivity contribution is -0.129. The van der Waals surface area contributed by atoms with Crippen molar-refractivity contribution < 1.29 is 9.90 Å². The number of benzene rings is 1. The van der Waals surface area contributed by atoms with Gasteiger partial charge < -0.3 is 5.11 Å². The maximum atomic E-state index is 12.7. The van der Waals surface area contributed by atoms with Gasteiger partial charge in [-0.05, 0) is 111 Å². The second-order valence-corrected chi connectivity index (χ2v) is 12.6. The van der Waals surface area contributed by atoms with E-state index < -0.39 is 0 Å². The molecule has 5 rings (SSSR count). The van der Waals surface area contributed by atoms with Crippen molar-refractivity contribution in [3.05, 3.63) is 35.9 Å². The molecule has 32 heavy (non-hydrogen) atoms. The largest absolute Gasteiger partial charge is 0.393 e. The van der Waals surface area contributed by atoms with Crippen LogP contribution >= 0.6 is 0 Å². The van der Waals surface area contributed by atoms with Crippen LogP contribution < -0.4 is 0 Å². The highest BCUT2D eigenvalue weighted by molar-refractivity contribution is 5.95. The molecule has 1 aromatic carbocycles. The van der Waals surface area contributed by atoms with E-state index in [1.807, 2.05) is 30.3 Å². The molecule has 0 unspecified atom stereocenters. The Hall–Kier alpha value is -1.15. The Balaban J connectivity index is 1.26. The van der Waals surface area contributed by atoms with Gasteiger partial charge in [-0.1, -0.05) is 51.1 Å². The number of ketones is 1. The first-order valence-electron chi connectivity index (χ1n) is 13.6. The minimum absolute atomic E-state index is 0.0474. The van der Waals surface area contributed by atoms with Crippen molar-refractivity contribution in [3.8, 4) is 0 Å². The number of carbonyl (C=O) groups is 1. The standard InChI is InChI=1S/C30H44O2/c1-20(9-14-28(32)21-7-5-4-6-8-21)25-12-13-26-24-11-10-22-19-23(31)15-17-29(22,2)27(24)16-18-30(25,26)3/h4-8,20,22-27,31H,9-19H2,1-3H3/t20-,22-,23-,24+,25+,26-,27+,29+,30-/m1/s1. The van der Waals surface area contributed by atoms with Gasteiger partial charge in [0, 0.05) is 12.0 Å². The summed E-state index contributed by atoms with van der Waals surface area (Å²) in [6, 6.07) is 9.85. The van der Waals surface area contributed by atoms with Gasteiger partial charge in [0.2, 0.25) is 0 Å². The maximum absolute atomic E-state index is 12.7. The van der Waals surface area contributed by atoms with E-state index in [-0.39, 0.29) is 6.10 Å². The van der Waals surface area contributed by atoms with Crippen molar-refractivity contribution in [2.45, 2.75) is 97.5 Å². The lowest BCUT2D eigenvalue weighted by Gasteiger charge is -2.61. The van der Waals surface area contributed by atoms with Gasteiger partial charge in [-0.25, -0.2) is 0 Å². The average molecular weight is 437 g/mol. The van der Waals surface area contributed by atoms with Gasteiger partial charge in [0.15, 0.2) is 5.78 Å². The molecule has 4 fully saturated rings. The fourth-order valence-electron chi connectivity index (χ4n) is 9.54. The molecule has 4 aliphatic carbocycles. The molecule has 4 aliphatic rings. The zero-order valence-electron chi connectivity index (χ0n) is 20.6. The molecule has 4 saturated carbocycles. The molecule has 9 atom stereocenters. The summed E-state index contributed by atoms with van der Waals surface area (Å²) in [6.07, 6.45) is 13.3. The lowest BCUT2D eigenvalue weighted by atomic mass is 9.44. The van der Waals surface area contributed by atoms with Crippen LogP contribution in [0.4, 0.5) is 0 Å². The zero-order valence-corrected chi connectivity index (χ0v) is 20.6. The monoisotopic (exact) mass is 436 g/mol. The van der Waals surface area contributed by atoms with Gasteiger partial charge in [-0.2, -0.15) is 0 Å². The fraction of sp³-hybridized carbons (Fsp3) is 0.767. The van der Waals surface area contributed by atoms with E-state index in [1.165, 1.54) is 44.9 Å². The quantitative estimate of drug-likeness (QED) is 0.491. The highest BCUT2D eigenvalue weighted by Crippen LogP contribution is 2.68. The molecule has 0 spiro atoms. The first-order valence-corrected chi connectivity index (χ1v) is 13.6. The summed E-state index contributed by atoms with van der Waals surface area (Å²) in [7, 11) is 0. The van der Waals surface area contributed by atoms with Gasteiger partial charge in [-0.15, -0.1) is 0 Å². The van der Waals surface area contributed by atoms with E-state index in [1.54, 1.807) is 0 Å². The number of aliphatic hydroxyl groups is 1. The summed E-state index contributed by atoms with van der Waals surface area (Å²) in [5, 5.41) is 10.3. The molecule has 1 N–H and O–H groups in total. The van der Waals surface area contributed by atoms with Crippen LogP contribution in [0.25, 0.3) is 0 Å². The minimum Gasteiger partial charge on any atom is -0.393 e. The van der Waals surface area contributed by atoms with Gasteiger partial charge in [0.25, 0.3) is 0 Å². The Morgan fingerprint density at radius 3 is 2.47 bits per heavy atom. The minimum atomic E-state index is -0.0474. The molecule has 0 bridgehead atoms. The number of aliphatic hydroxyl groups excluding tert-OH is 1. The molecule has 0 heterocycles. The average Bonchev–Trinajstić information content (AvgIpc) is 3.15. The van der Waals surface area contributed by atoms with Gasteiger partial charge in [0.1, 0.15) is 0 Å². The summed E-state index contributed by atoms with van der Waals surface area (Å²) < 4.78 is 0. The number of hydrogen-bond donors (Lipinski definition) is 1. The number of Topliss-reactive ketones (excluding diaryl/α,β-unsaturated/α-hetero) is 1. The van der Waals surface area contributed by atoms with Crippen LogP contribution in [0.2, 0.25) is 0 Å². The van der Waals surface area contributed by atoms with E-state index >= 15 is 0 Å². The third-order valence-electron chi connectivity index (χ3n) is 11.3. The Labute approximate surface area is 195 Å². The number of rotatable bonds is 5. The van der Waals surface area contributed by atoms with Gasteiger partial charge >= 0.3 is 0 Å². The van der Waals surface area contributed by atoms with Crippen LogP contribution in [-0.4, -0.2) is 17.0 Å². The Morgan fingerprint density at radius 2 is 1.69 bits per heavy atom. The van der Waals surface area contributed by atoms with E-state index in [0.717, 1.165) is 54.4 Å². The Bertz CT molecular complexity index is 817. The molecular formula is C30H44O2. The molecule has 0 aliphatic heterocycles. The second kappa shape index (κ2) is 8.57. The number of hydrogen-bond acceptors (Lipinski definition) is 2. The van der Waals surface area contributed by atoms with Crippen LogP contribution in [-0.2, 0) is 0 Å². The summed E-state index contributed by atoms with van der Waals surface area (Å²) in [4.78, 5) is 12.7. The van der Waals surface area contributed by atoms with Crippen LogP contribution in [0, 0.1) is 46.3 Å². The van der Waals surface area contributed by atoms with Gasteiger partial charge in [-0.3, -0.25) is 4.79 Å². The second-order valence-electron chi connectivity index (χ2n) is 12.6. The molecule has 0 amide bonds. The van der Waals surface area contributed by atoms with Crippen molar-refractivity contribution in [3.63, 3.8) is 0 Å². The van der Waals surface area contributed by atoms with E-state index in [9.17, 15) is 9.90 Å². The SMILES string of the molecule is C[C@H](CCC(=O)c1ccccc1)[C@@H]1CC[C@@H]2[C@@H]3CC[C@@H]4C[C@H](O)CC[C@]4(C)[C@H]3CC[C@@]21C. The molecule has 1 aromatic rings. The Morgan fingerprint density at radius 1 is 0.969 bits per heavy atom. The first kappa shape index (κ1) is 22.6. The first-order chi connectivity index (χ1) is 15.3. The van der Waals surface area contributed by atoms with Gasteiger partial charge in [0.05, 0.1) is 6.10 Å². The normalized spacial score (nSPS) is 44.2. The molecule has 0 saturated heterocycles. The molecule has 2 nitrogen and oxygen atoms in total. The van der Waals surface area contributed by atoms with Crippen molar-refractivity contribution in [2.24, 2.45) is 46.3 Å². The summed E-state index contributed by atoms with van der Waals surface area (Å²) in [5.74, 6) is 5.11. The molecule has 0 radical (unpaired) electrons. The van der Waals surface area contributed by atoms with Crippen molar-refractivity contribution in [1.29, 1.82) is 0 Å². The third kappa shape index (κ3) is 3.69. The van der Waals surface area contributed by atoms with Crippen LogP contribution in [0.15, 0.2) is 30.3 Å². The van der Waals surface area contributed by atoms with Crippen molar-refractivity contribution >= 4 is 5.78 Å². The summed E-state index contributed by atoms with van der Waals surface area (Å²) in [5.41, 5.74) is 1.81. The molecule has 0 aromatic heterocycles. The Kier molecular flexibility index (Phi) is 6.06. The topological polar surface area (TPSA) is 37.3 Å². The zero-order chi connectivity index (χ0) is 22.5. The summed E-state index contributed by atoms with van der Waals surface area (Å²) >= 11 is 0. The van der Waals surface area contributed by atoms with Crippen molar-refractivity contribution in [1.82, 2.24) is 0 Å². The van der Waals surface area contributed by atoms with Crippen LogP contribution in [0.3, 0.4) is 0 Å². The van der Waals surface area contributed by atoms with E-state index in [2.05, 4.69) is 20.8 Å². The van der Waals surface area contributed by atoms with Crippen LogP contribution in [0.1, 0.15) is 102 Å². The van der Waals surface area contributed by atoms with E-state index in [4.69, 9.17) is 0 Å². The molecular weight excluding hydrogens is 392 g/mol. The number of fused-ring (bicyclic) bond motifs is 5. The highest BCUT2D eigenvalue weighted by Gasteiger charge is 2.60. The predicted octanol–water partition coefficient (Wildman–Crippen LogP) is 7.31. The maximum Gasteiger partial charge on any atom is 0.162 e. The fourth-order valence-corrected chi connectivity index (χ4v) is 9.54. The highest BCUT2D eigenvalue weighted by atomic mass is 16.3. The van der Waals surface area contributed by atoms with Crippen molar-refractivity contribution in [2.75, 3.05) is 0 Å². The number of carbonyl (C=O) groups excluding carboxylic acids is 1. The van der Waals surface area contributed by atoms with Crippen LogP contribution in [0.5, 0.6) is 0 Å². The third-order valence-corrected chi connectivity index (χ3v) is 11.3. The predicted molar refractivity (Wildman–Crippen MR) is 130 cm³/mol. The summed E-state index contributed by atoms with van der Waals surface area (Å²) in [6.45, 7) is 7.65.